The van der Waals surface area contributed by atoms with Gasteiger partial charge >= 0.3 is 0 Å². The SMILES string of the molecule is CC(C)c1ccc2c(ccc(=O)n2CC2OCCO2)c1.CC(C)c1ccc2c(ccc(=O)n2CC=O)c1. The molecule has 1 aliphatic heterocycles. The van der Waals surface area contributed by atoms with Crippen molar-refractivity contribution in [3.63, 3.8) is 0 Å². The summed E-state index contributed by atoms with van der Waals surface area (Å²) in [6.45, 7) is 10.3. The highest BCUT2D eigenvalue weighted by Crippen LogP contribution is 2.22. The topological polar surface area (TPSA) is 79.5 Å². The molecule has 194 valence electrons. The van der Waals surface area contributed by atoms with Gasteiger partial charge < -0.3 is 23.4 Å². The van der Waals surface area contributed by atoms with Gasteiger partial charge in [-0.2, -0.15) is 0 Å². The van der Waals surface area contributed by atoms with E-state index in [1.807, 2.05) is 30.3 Å². The molecule has 1 fully saturated rings. The van der Waals surface area contributed by atoms with Gasteiger partial charge in [0.1, 0.15) is 6.29 Å². The van der Waals surface area contributed by atoms with E-state index in [4.69, 9.17) is 9.47 Å². The smallest absolute Gasteiger partial charge is 0.251 e. The lowest BCUT2D eigenvalue weighted by molar-refractivity contribution is -0.108. The maximum absolute atomic E-state index is 12.1. The zero-order chi connectivity index (χ0) is 26.5. The maximum atomic E-state index is 12.1. The van der Waals surface area contributed by atoms with Gasteiger partial charge in [-0.15, -0.1) is 0 Å². The Bertz CT molecular complexity index is 1510. The van der Waals surface area contributed by atoms with Crippen molar-refractivity contribution in [2.24, 2.45) is 0 Å². The van der Waals surface area contributed by atoms with E-state index in [1.165, 1.54) is 21.8 Å². The first kappa shape index (κ1) is 26.5. The molecule has 2 aromatic carbocycles. The van der Waals surface area contributed by atoms with E-state index in [9.17, 15) is 14.4 Å². The van der Waals surface area contributed by atoms with Crippen LogP contribution >= 0.6 is 0 Å². The number of rotatable bonds is 6. The first-order chi connectivity index (χ1) is 17.8. The summed E-state index contributed by atoms with van der Waals surface area (Å²) in [4.78, 5) is 34.3. The number of hydrogen-bond acceptors (Lipinski definition) is 5. The summed E-state index contributed by atoms with van der Waals surface area (Å²) >= 11 is 0. The van der Waals surface area contributed by atoms with Gasteiger partial charge in [0.05, 0.1) is 37.3 Å². The second kappa shape index (κ2) is 11.7. The minimum Gasteiger partial charge on any atom is -0.348 e. The number of aldehydes is 1. The third kappa shape index (κ3) is 6.06. The van der Waals surface area contributed by atoms with Crippen LogP contribution in [0.15, 0.2) is 70.3 Å². The standard InChI is InChI=1S/C16H19NO3.C14H15NO2/c1-11(2)12-3-5-14-13(9-12)4-6-15(18)17(14)10-16-19-7-8-20-16;1-10(2)11-3-5-13-12(9-11)4-6-14(17)15(13)7-8-16/h3-6,9,11,16H,7-8,10H2,1-2H3;3-6,8-10H,7H2,1-2H3. The van der Waals surface area contributed by atoms with Crippen molar-refractivity contribution in [1.82, 2.24) is 9.13 Å². The van der Waals surface area contributed by atoms with Gasteiger partial charge in [-0.3, -0.25) is 9.59 Å². The number of pyridine rings is 2. The van der Waals surface area contributed by atoms with Crippen LogP contribution in [-0.2, 0) is 27.4 Å². The number of nitrogens with zero attached hydrogens (tertiary/aromatic N) is 2. The van der Waals surface area contributed by atoms with Crippen LogP contribution in [0, 0.1) is 0 Å². The van der Waals surface area contributed by atoms with Gasteiger partial charge in [-0.05, 0) is 70.1 Å². The lowest BCUT2D eigenvalue weighted by atomic mass is 10.0. The van der Waals surface area contributed by atoms with Crippen LogP contribution in [0.5, 0.6) is 0 Å². The maximum Gasteiger partial charge on any atom is 0.251 e. The molecule has 0 N–H and O–H groups in total. The van der Waals surface area contributed by atoms with E-state index in [-0.39, 0.29) is 24.0 Å². The Balaban J connectivity index is 0.000000176. The molecular formula is C30H34N2O5. The van der Waals surface area contributed by atoms with Crippen LogP contribution in [0.3, 0.4) is 0 Å². The largest absolute Gasteiger partial charge is 0.348 e. The molecule has 37 heavy (non-hydrogen) atoms. The van der Waals surface area contributed by atoms with Crippen LogP contribution in [0.25, 0.3) is 21.8 Å². The van der Waals surface area contributed by atoms with Crippen molar-refractivity contribution in [1.29, 1.82) is 0 Å². The van der Waals surface area contributed by atoms with Crippen molar-refractivity contribution < 1.29 is 14.3 Å². The second-order valence-corrected chi connectivity index (χ2v) is 9.85. The van der Waals surface area contributed by atoms with E-state index >= 15 is 0 Å². The second-order valence-electron chi connectivity index (χ2n) is 9.85. The van der Waals surface area contributed by atoms with Gasteiger partial charge in [-0.1, -0.05) is 39.8 Å². The fourth-order valence-electron chi connectivity index (χ4n) is 4.48. The van der Waals surface area contributed by atoms with Gasteiger partial charge in [0.2, 0.25) is 0 Å². The summed E-state index contributed by atoms with van der Waals surface area (Å²) in [6.07, 6.45) is 0.431. The highest BCUT2D eigenvalue weighted by atomic mass is 16.7. The molecule has 7 heteroatoms. The molecule has 0 unspecified atom stereocenters. The molecule has 0 atom stereocenters. The molecule has 2 aromatic heterocycles. The van der Waals surface area contributed by atoms with Crippen LogP contribution in [0.4, 0.5) is 0 Å². The first-order valence-electron chi connectivity index (χ1n) is 12.7. The fourth-order valence-corrected chi connectivity index (χ4v) is 4.48. The van der Waals surface area contributed by atoms with E-state index < -0.39 is 0 Å². The summed E-state index contributed by atoms with van der Waals surface area (Å²) in [5, 5.41) is 2.08. The molecule has 4 aromatic rings. The highest BCUT2D eigenvalue weighted by molar-refractivity contribution is 5.81. The van der Waals surface area contributed by atoms with Gasteiger partial charge in [0, 0.05) is 12.1 Å². The van der Waals surface area contributed by atoms with Crippen molar-refractivity contribution in [2.45, 2.75) is 58.9 Å². The molecule has 0 bridgehead atoms. The predicted molar refractivity (Wildman–Crippen MR) is 146 cm³/mol. The predicted octanol–water partition coefficient (Wildman–Crippen LogP) is 4.82. The minimum absolute atomic E-state index is 0.0195. The summed E-state index contributed by atoms with van der Waals surface area (Å²) < 4.78 is 14.1. The Labute approximate surface area is 216 Å². The lowest BCUT2D eigenvalue weighted by Gasteiger charge is -2.15. The molecule has 1 saturated heterocycles. The van der Waals surface area contributed by atoms with Crippen molar-refractivity contribution in [3.8, 4) is 0 Å². The molecule has 1 aliphatic rings. The number of fused-ring (bicyclic) bond motifs is 2. The van der Waals surface area contributed by atoms with Crippen LogP contribution in [-0.4, -0.2) is 34.9 Å². The van der Waals surface area contributed by atoms with Gasteiger partial charge in [0.15, 0.2) is 6.29 Å². The third-order valence-electron chi connectivity index (χ3n) is 6.64. The Kier molecular flexibility index (Phi) is 8.36. The van der Waals surface area contributed by atoms with E-state index in [1.54, 1.807) is 10.6 Å². The summed E-state index contributed by atoms with van der Waals surface area (Å²) in [6, 6.07) is 19.1. The van der Waals surface area contributed by atoms with Gasteiger partial charge in [-0.25, -0.2) is 0 Å². The summed E-state index contributed by atoms with van der Waals surface area (Å²) in [5.74, 6) is 0.923. The molecule has 0 aliphatic carbocycles. The number of hydrogen-bond donors (Lipinski definition) is 0. The van der Waals surface area contributed by atoms with Crippen molar-refractivity contribution in [3.05, 3.63) is 92.5 Å². The zero-order valence-corrected chi connectivity index (χ0v) is 21.8. The Morgan fingerprint density at radius 3 is 1.73 bits per heavy atom. The Morgan fingerprint density at radius 1 is 0.757 bits per heavy atom. The first-order valence-corrected chi connectivity index (χ1v) is 12.7. The molecule has 3 heterocycles. The molecule has 0 radical (unpaired) electrons. The highest BCUT2D eigenvalue weighted by Gasteiger charge is 2.18. The van der Waals surface area contributed by atoms with Crippen LogP contribution in [0.2, 0.25) is 0 Å². The quantitative estimate of drug-likeness (QED) is 0.353. The van der Waals surface area contributed by atoms with Crippen molar-refractivity contribution >= 4 is 28.1 Å². The van der Waals surface area contributed by atoms with E-state index in [0.717, 1.165) is 28.1 Å². The van der Waals surface area contributed by atoms with Crippen molar-refractivity contribution in [2.75, 3.05) is 13.2 Å². The summed E-state index contributed by atoms with van der Waals surface area (Å²) in [5.41, 5.74) is 4.09. The van der Waals surface area contributed by atoms with Crippen LogP contribution in [0.1, 0.15) is 50.7 Å². The molecule has 0 saturated carbocycles. The average molecular weight is 503 g/mol. The number of benzene rings is 2. The number of carbonyl (C=O) groups excluding carboxylic acids is 1. The van der Waals surface area contributed by atoms with E-state index in [0.29, 0.717) is 31.6 Å². The Hall–Kier alpha value is -3.55. The monoisotopic (exact) mass is 502 g/mol. The number of ether oxygens (including phenoxy) is 2. The average Bonchev–Trinajstić information content (AvgIpc) is 3.40. The minimum atomic E-state index is -0.317. The normalized spacial score (nSPS) is 13.9. The van der Waals surface area contributed by atoms with Gasteiger partial charge in [0.25, 0.3) is 11.1 Å². The Morgan fingerprint density at radius 2 is 1.24 bits per heavy atom. The molecule has 5 rings (SSSR count). The third-order valence-corrected chi connectivity index (χ3v) is 6.64. The molecular weight excluding hydrogens is 468 g/mol. The lowest BCUT2D eigenvalue weighted by Crippen LogP contribution is -2.26. The molecule has 7 nitrogen and oxygen atoms in total. The number of carbonyl (C=O) groups is 1. The molecule has 0 amide bonds. The zero-order valence-electron chi connectivity index (χ0n) is 21.8. The van der Waals surface area contributed by atoms with Crippen LogP contribution < -0.4 is 11.1 Å². The molecule has 0 spiro atoms. The summed E-state index contributed by atoms with van der Waals surface area (Å²) in [7, 11) is 0. The number of aromatic nitrogens is 2. The fraction of sp³-hybridized carbons (Fsp3) is 0.367. The van der Waals surface area contributed by atoms with E-state index in [2.05, 4.69) is 45.9 Å².